The third-order valence-electron chi connectivity index (χ3n) is 6.13. The number of carbonyl (C=O) groups excluding carboxylic acids is 2. The topological polar surface area (TPSA) is 146 Å². The predicted octanol–water partition coefficient (Wildman–Crippen LogP) is 6.05. The fourth-order valence-corrected chi connectivity index (χ4v) is 6.85. The van der Waals surface area contributed by atoms with Crippen molar-refractivity contribution in [3.63, 3.8) is 0 Å². The van der Waals surface area contributed by atoms with Gasteiger partial charge in [-0.15, -0.1) is 21.5 Å². The SMILES string of the molecule is N=C(CCSCCc1nnc(CC(=O)Cc2coc3ccccc23)s1)SC(=N)NC(=O)Cc1coc2ccccc12. The minimum atomic E-state index is -0.315. The Labute approximate surface area is 248 Å². The zero-order valence-electron chi connectivity index (χ0n) is 22.0. The summed E-state index contributed by atoms with van der Waals surface area (Å²) in [5, 5.41) is 30.8. The minimum Gasteiger partial charge on any atom is -0.464 e. The molecule has 5 rings (SSSR count). The number of Topliss-reactive ketones (excluding diaryl/α,β-unsaturated/α-hetero) is 1. The summed E-state index contributed by atoms with van der Waals surface area (Å²) in [6, 6.07) is 15.2. The Morgan fingerprint density at radius 2 is 1.46 bits per heavy atom. The molecule has 3 aromatic heterocycles. The maximum atomic E-state index is 12.6. The van der Waals surface area contributed by atoms with E-state index in [1.54, 1.807) is 24.3 Å². The monoisotopic (exact) mass is 605 g/mol. The van der Waals surface area contributed by atoms with Gasteiger partial charge in [0, 0.05) is 41.2 Å². The van der Waals surface area contributed by atoms with E-state index >= 15 is 0 Å². The normalized spacial score (nSPS) is 11.2. The van der Waals surface area contributed by atoms with Crippen molar-refractivity contribution in [3.8, 4) is 0 Å². The highest BCUT2D eigenvalue weighted by Gasteiger charge is 2.15. The number of amides is 1. The molecule has 2 aromatic carbocycles. The van der Waals surface area contributed by atoms with Crippen LogP contribution in [0.1, 0.15) is 27.6 Å². The number of nitrogens with zero attached hydrogens (tertiary/aromatic N) is 2. The Morgan fingerprint density at radius 3 is 2.17 bits per heavy atom. The summed E-state index contributed by atoms with van der Waals surface area (Å²) < 4.78 is 11.0. The Bertz CT molecular complexity index is 1710. The average molecular weight is 606 g/mol. The number of carbonyl (C=O) groups is 2. The lowest BCUT2D eigenvalue weighted by Crippen LogP contribution is -2.29. The predicted molar refractivity (Wildman–Crippen MR) is 165 cm³/mol. The molecule has 0 saturated carbocycles. The van der Waals surface area contributed by atoms with E-state index in [1.807, 2.05) is 48.5 Å². The lowest BCUT2D eigenvalue weighted by molar-refractivity contribution is -0.119. The van der Waals surface area contributed by atoms with Gasteiger partial charge in [-0.05, 0) is 35.4 Å². The van der Waals surface area contributed by atoms with Crippen LogP contribution in [0, 0.1) is 10.8 Å². The van der Waals surface area contributed by atoms with Crippen LogP contribution in [0.25, 0.3) is 21.9 Å². The molecule has 0 atom stereocenters. The fraction of sp³-hybridized carbons (Fsp3) is 0.241. The second kappa shape index (κ2) is 13.7. The van der Waals surface area contributed by atoms with E-state index in [9.17, 15) is 9.59 Å². The number of aryl methyl sites for hydroxylation is 1. The van der Waals surface area contributed by atoms with Gasteiger partial charge in [0.2, 0.25) is 5.91 Å². The number of fused-ring (bicyclic) bond motifs is 2. The molecule has 41 heavy (non-hydrogen) atoms. The summed E-state index contributed by atoms with van der Waals surface area (Å²) in [5.41, 5.74) is 3.14. The molecule has 0 bridgehead atoms. The van der Waals surface area contributed by atoms with Crippen molar-refractivity contribution in [2.24, 2.45) is 0 Å². The number of thioether (sulfide) groups is 2. The van der Waals surface area contributed by atoms with Gasteiger partial charge in [0.25, 0.3) is 0 Å². The molecule has 1 amide bonds. The van der Waals surface area contributed by atoms with E-state index in [2.05, 4.69) is 15.5 Å². The number of rotatable bonds is 12. The van der Waals surface area contributed by atoms with Crippen LogP contribution < -0.4 is 5.32 Å². The van der Waals surface area contributed by atoms with Gasteiger partial charge in [-0.25, -0.2) is 0 Å². The molecular formula is C29H27N5O4S3. The molecule has 0 aliphatic heterocycles. The van der Waals surface area contributed by atoms with Crippen LogP contribution in [-0.4, -0.2) is 43.6 Å². The molecule has 0 spiro atoms. The molecule has 3 N–H and O–H groups in total. The molecule has 0 saturated heterocycles. The lowest BCUT2D eigenvalue weighted by Gasteiger charge is -2.07. The largest absolute Gasteiger partial charge is 0.464 e. The standard InChI is InChI=1S/C29H27N5O4S3/c30-25(40-29(31)32-26(36)14-19-17-38-24-8-4-2-6-22(19)24)9-11-39-12-10-27-33-34-28(41-27)15-20(35)13-18-16-37-23-7-3-1-5-21(18)23/h1-8,16-17,30H,9-15H2,(H2,31,32,36). The van der Waals surface area contributed by atoms with Crippen molar-refractivity contribution in [1.29, 1.82) is 10.8 Å². The first kappa shape index (κ1) is 28.8. The van der Waals surface area contributed by atoms with Crippen LogP contribution in [0.15, 0.2) is 69.9 Å². The summed E-state index contributed by atoms with van der Waals surface area (Å²) >= 11 is 4.09. The molecule has 0 unspecified atom stereocenters. The summed E-state index contributed by atoms with van der Waals surface area (Å²) in [6.45, 7) is 0. The third kappa shape index (κ3) is 7.93. The van der Waals surface area contributed by atoms with Gasteiger partial charge in [-0.3, -0.25) is 20.4 Å². The Morgan fingerprint density at radius 1 is 0.829 bits per heavy atom. The van der Waals surface area contributed by atoms with Gasteiger partial charge in [0.05, 0.1) is 30.4 Å². The lowest BCUT2D eigenvalue weighted by atomic mass is 10.1. The Balaban J connectivity index is 0.958. The number of amidine groups is 1. The van der Waals surface area contributed by atoms with Crippen molar-refractivity contribution in [2.45, 2.75) is 32.1 Å². The van der Waals surface area contributed by atoms with E-state index in [-0.39, 0.29) is 29.7 Å². The smallest absolute Gasteiger partial charge is 0.230 e. The molecule has 3 heterocycles. The summed E-state index contributed by atoms with van der Waals surface area (Å²) in [4.78, 5) is 24.9. The molecule has 210 valence electrons. The highest BCUT2D eigenvalue weighted by Crippen LogP contribution is 2.23. The second-order valence-corrected chi connectivity index (χ2v) is 12.7. The Hall–Kier alpha value is -3.74. The molecule has 9 nitrogen and oxygen atoms in total. The first-order valence-corrected chi connectivity index (χ1v) is 15.7. The zero-order chi connectivity index (χ0) is 28.6. The van der Waals surface area contributed by atoms with E-state index in [0.29, 0.717) is 22.9 Å². The first-order valence-electron chi connectivity index (χ1n) is 12.9. The number of nitrogens with one attached hydrogen (secondary N) is 3. The molecule has 0 radical (unpaired) electrons. The van der Waals surface area contributed by atoms with Crippen molar-refractivity contribution in [1.82, 2.24) is 15.5 Å². The highest BCUT2D eigenvalue weighted by atomic mass is 32.2. The first-order chi connectivity index (χ1) is 19.9. The van der Waals surface area contributed by atoms with E-state index in [0.717, 1.165) is 67.8 Å². The van der Waals surface area contributed by atoms with Gasteiger partial charge >= 0.3 is 0 Å². The van der Waals surface area contributed by atoms with Gasteiger partial charge in [0.15, 0.2) is 5.17 Å². The average Bonchev–Trinajstić information content (AvgIpc) is 3.68. The Kier molecular flexibility index (Phi) is 9.65. The number of hydrogen-bond acceptors (Lipinski definition) is 11. The van der Waals surface area contributed by atoms with E-state index < -0.39 is 0 Å². The maximum absolute atomic E-state index is 12.6. The van der Waals surface area contributed by atoms with Gasteiger partial charge in [0.1, 0.15) is 27.0 Å². The number of para-hydroxylation sites is 2. The second-order valence-electron chi connectivity index (χ2n) is 9.19. The van der Waals surface area contributed by atoms with Crippen LogP contribution in [-0.2, 0) is 35.3 Å². The van der Waals surface area contributed by atoms with Crippen molar-refractivity contribution >= 4 is 78.7 Å². The van der Waals surface area contributed by atoms with Crippen LogP contribution in [0.5, 0.6) is 0 Å². The number of benzene rings is 2. The van der Waals surface area contributed by atoms with Gasteiger partial charge in [-0.2, -0.15) is 11.8 Å². The number of aromatic nitrogens is 2. The van der Waals surface area contributed by atoms with E-state index in [4.69, 9.17) is 19.7 Å². The van der Waals surface area contributed by atoms with E-state index in [1.165, 1.54) is 11.3 Å². The van der Waals surface area contributed by atoms with Crippen LogP contribution in [0.3, 0.4) is 0 Å². The number of ketones is 1. The quantitative estimate of drug-likeness (QED) is 0.0884. The molecule has 0 aliphatic carbocycles. The molecule has 0 aliphatic rings. The minimum absolute atomic E-state index is 0.0605. The van der Waals surface area contributed by atoms with Crippen LogP contribution in [0.2, 0.25) is 0 Å². The molecule has 5 aromatic rings. The third-order valence-corrected chi connectivity index (χ3v) is 8.86. The summed E-state index contributed by atoms with van der Waals surface area (Å²) in [7, 11) is 0. The van der Waals surface area contributed by atoms with Crippen LogP contribution >= 0.6 is 34.9 Å². The maximum Gasteiger partial charge on any atom is 0.230 e. The number of hydrogen-bond donors (Lipinski definition) is 3. The molecular weight excluding hydrogens is 579 g/mol. The van der Waals surface area contributed by atoms with Crippen molar-refractivity contribution in [2.75, 3.05) is 11.5 Å². The molecule has 12 heteroatoms. The fourth-order valence-electron chi connectivity index (χ4n) is 4.21. The number of furan rings is 2. The van der Waals surface area contributed by atoms with Crippen LogP contribution in [0.4, 0.5) is 0 Å². The van der Waals surface area contributed by atoms with Gasteiger partial charge in [-0.1, -0.05) is 36.4 Å². The van der Waals surface area contributed by atoms with Crippen molar-refractivity contribution in [3.05, 3.63) is 82.2 Å². The summed E-state index contributed by atoms with van der Waals surface area (Å²) in [6.07, 6.45) is 5.09. The van der Waals surface area contributed by atoms with Crippen molar-refractivity contribution < 1.29 is 18.4 Å². The zero-order valence-corrected chi connectivity index (χ0v) is 24.4. The molecule has 0 fully saturated rings. The van der Waals surface area contributed by atoms with Gasteiger partial charge < -0.3 is 14.2 Å². The summed E-state index contributed by atoms with van der Waals surface area (Å²) in [5.74, 6) is 1.29. The highest BCUT2D eigenvalue weighted by molar-refractivity contribution is 8.26.